The third-order valence-corrected chi connectivity index (χ3v) is 3.36. The topological polar surface area (TPSA) is 55.5 Å². The van der Waals surface area contributed by atoms with Crippen molar-refractivity contribution in [2.45, 2.75) is 17.4 Å². The zero-order valence-corrected chi connectivity index (χ0v) is 9.88. The summed E-state index contributed by atoms with van der Waals surface area (Å²) in [6.07, 6.45) is 0. The van der Waals surface area contributed by atoms with Gasteiger partial charge in [0.25, 0.3) is 0 Å². The van der Waals surface area contributed by atoms with Gasteiger partial charge in [-0.2, -0.15) is 0 Å². The molecule has 0 aliphatic carbocycles. The van der Waals surface area contributed by atoms with Crippen LogP contribution in [0.1, 0.15) is 6.92 Å². The van der Waals surface area contributed by atoms with Crippen LogP contribution in [0.25, 0.3) is 0 Å². The van der Waals surface area contributed by atoms with Gasteiger partial charge in [0.15, 0.2) is 0 Å². The average molecular weight is 227 g/mol. The van der Waals surface area contributed by atoms with Crippen LogP contribution in [0.5, 0.6) is 5.75 Å². The molecular weight excluding hydrogens is 210 g/mol. The average Bonchev–Trinajstić information content (AvgIpc) is 2.27. The maximum absolute atomic E-state index is 9.01. The molecule has 15 heavy (non-hydrogen) atoms. The lowest BCUT2D eigenvalue weighted by Crippen LogP contribution is -2.42. The van der Waals surface area contributed by atoms with Gasteiger partial charge < -0.3 is 15.6 Å². The summed E-state index contributed by atoms with van der Waals surface area (Å²) < 4.78 is 5.12. The molecule has 0 aromatic heterocycles. The smallest absolute Gasteiger partial charge is 0.119 e. The summed E-state index contributed by atoms with van der Waals surface area (Å²) in [6.45, 7) is 1.82. The van der Waals surface area contributed by atoms with Gasteiger partial charge in [0.2, 0.25) is 0 Å². The van der Waals surface area contributed by atoms with E-state index in [1.54, 1.807) is 18.9 Å². The predicted octanol–water partition coefficient (Wildman–Crippen LogP) is 1.50. The SMILES string of the molecule is COc1cccc(SCC(C)(N)CO)c1. The van der Waals surface area contributed by atoms with E-state index in [4.69, 9.17) is 15.6 Å². The van der Waals surface area contributed by atoms with Gasteiger partial charge in [-0.25, -0.2) is 0 Å². The molecule has 0 fully saturated rings. The van der Waals surface area contributed by atoms with Gasteiger partial charge in [-0.15, -0.1) is 11.8 Å². The maximum atomic E-state index is 9.01. The molecule has 1 unspecified atom stereocenters. The van der Waals surface area contributed by atoms with Crippen molar-refractivity contribution in [3.63, 3.8) is 0 Å². The number of benzene rings is 1. The van der Waals surface area contributed by atoms with Gasteiger partial charge in [0.05, 0.1) is 13.7 Å². The normalized spacial score (nSPS) is 14.7. The number of ether oxygens (including phenoxy) is 1. The Balaban J connectivity index is 2.57. The fourth-order valence-corrected chi connectivity index (χ4v) is 1.95. The lowest BCUT2D eigenvalue weighted by Gasteiger charge is -2.20. The second kappa shape index (κ2) is 5.39. The van der Waals surface area contributed by atoms with E-state index in [0.717, 1.165) is 10.6 Å². The highest BCUT2D eigenvalue weighted by Gasteiger charge is 2.17. The largest absolute Gasteiger partial charge is 0.497 e. The van der Waals surface area contributed by atoms with Gasteiger partial charge >= 0.3 is 0 Å². The van der Waals surface area contributed by atoms with Crippen LogP contribution in [0.15, 0.2) is 29.2 Å². The zero-order valence-electron chi connectivity index (χ0n) is 9.06. The van der Waals surface area contributed by atoms with Gasteiger partial charge in [-0.05, 0) is 25.1 Å². The molecule has 1 atom stereocenters. The number of hydrogen-bond donors (Lipinski definition) is 2. The first-order valence-electron chi connectivity index (χ1n) is 4.74. The van der Waals surface area contributed by atoms with Crippen molar-refractivity contribution >= 4 is 11.8 Å². The Labute approximate surface area is 94.6 Å². The Bertz CT molecular complexity index is 315. The molecule has 0 amide bonds. The molecule has 1 aromatic rings. The van der Waals surface area contributed by atoms with Gasteiger partial charge in [0.1, 0.15) is 5.75 Å². The minimum Gasteiger partial charge on any atom is -0.497 e. The molecule has 0 bridgehead atoms. The molecule has 4 heteroatoms. The molecule has 3 nitrogen and oxygen atoms in total. The summed E-state index contributed by atoms with van der Waals surface area (Å²) >= 11 is 1.62. The molecule has 84 valence electrons. The van der Waals surface area contributed by atoms with Gasteiger partial charge in [-0.3, -0.25) is 0 Å². The molecule has 1 rings (SSSR count). The maximum Gasteiger partial charge on any atom is 0.119 e. The van der Waals surface area contributed by atoms with Crippen LogP contribution < -0.4 is 10.5 Å². The van der Waals surface area contributed by atoms with Crippen LogP contribution in [0, 0.1) is 0 Å². The van der Waals surface area contributed by atoms with Crippen LogP contribution in [-0.4, -0.2) is 30.1 Å². The highest BCUT2D eigenvalue weighted by molar-refractivity contribution is 7.99. The molecule has 0 aliphatic rings. The number of nitrogens with two attached hydrogens (primary N) is 1. The number of methoxy groups -OCH3 is 1. The number of hydrogen-bond acceptors (Lipinski definition) is 4. The number of aliphatic hydroxyl groups is 1. The number of aliphatic hydroxyl groups excluding tert-OH is 1. The molecule has 0 radical (unpaired) electrons. The Kier molecular flexibility index (Phi) is 4.45. The second-order valence-corrected chi connectivity index (χ2v) is 4.83. The van der Waals surface area contributed by atoms with Crippen molar-refractivity contribution in [1.82, 2.24) is 0 Å². The van der Waals surface area contributed by atoms with Crippen molar-refractivity contribution in [3.8, 4) is 5.75 Å². The van der Waals surface area contributed by atoms with E-state index in [2.05, 4.69) is 0 Å². The van der Waals surface area contributed by atoms with Crippen LogP contribution >= 0.6 is 11.8 Å². The van der Waals surface area contributed by atoms with E-state index < -0.39 is 5.54 Å². The molecular formula is C11H17NO2S. The minimum atomic E-state index is -0.534. The summed E-state index contributed by atoms with van der Waals surface area (Å²) in [5.41, 5.74) is 5.30. The Morgan fingerprint density at radius 2 is 2.27 bits per heavy atom. The summed E-state index contributed by atoms with van der Waals surface area (Å²) in [5, 5.41) is 9.01. The van der Waals surface area contributed by atoms with Crippen molar-refractivity contribution in [3.05, 3.63) is 24.3 Å². The summed E-state index contributed by atoms with van der Waals surface area (Å²) in [6, 6.07) is 7.80. The van der Waals surface area contributed by atoms with Crippen LogP contribution in [-0.2, 0) is 0 Å². The molecule has 0 saturated carbocycles. The minimum absolute atomic E-state index is 0.00995. The van der Waals surface area contributed by atoms with E-state index in [0.29, 0.717) is 5.75 Å². The van der Waals surface area contributed by atoms with Gasteiger partial charge in [-0.1, -0.05) is 6.07 Å². The van der Waals surface area contributed by atoms with Crippen molar-refractivity contribution in [2.75, 3.05) is 19.5 Å². The lowest BCUT2D eigenvalue weighted by molar-refractivity contribution is 0.224. The highest BCUT2D eigenvalue weighted by Crippen LogP contribution is 2.24. The summed E-state index contributed by atoms with van der Waals surface area (Å²) in [7, 11) is 1.64. The van der Waals surface area contributed by atoms with Crippen LogP contribution in [0.3, 0.4) is 0 Å². The molecule has 0 heterocycles. The molecule has 0 saturated heterocycles. The lowest BCUT2D eigenvalue weighted by atomic mass is 10.1. The van der Waals surface area contributed by atoms with E-state index in [1.807, 2.05) is 31.2 Å². The highest BCUT2D eigenvalue weighted by atomic mass is 32.2. The summed E-state index contributed by atoms with van der Waals surface area (Å²) in [5.74, 6) is 1.51. The fourth-order valence-electron chi connectivity index (χ4n) is 0.985. The summed E-state index contributed by atoms with van der Waals surface area (Å²) in [4.78, 5) is 1.10. The Hall–Kier alpha value is -0.710. The predicted molar refractivity (Wildman–Crippen MR) is 63.4 cm³/mol. The fraction of sp³-hybridized carbons (Fsp3) is 0.455. The Morgan fingerprint density at radius 1 is 1.53 bits per heavy atom. The van der Waals surface area contributed by atoms with E-state index in [-0.39, 0.29) is 6.61 Å². The quantitative estimate of drug-likeness (QED) is 0.748. The first-order chi connectivity index (χ1) is 7.07. The number of rotatable bonds is 5. The van der Waals surface area contributed by atoms with Crippen molar-refractivity contribution < 1.29 is 9.84 Å². The standard InChI is InChI=1S/C11H17NO2S/c1-11(12,7-13)8-15-10-5-3-4-9(6-10)14-2/h3-6,13H,7-8,12H2,1-2H3. The van der Waals surface area contributed by atoms with Gasteiger partial charge in [0, 0.05) is 16.2 Å². The van der Waals surface area contributed by atoms with Crippen LogP contribution in [0.4, 0.5) is 0 Å². The first kappa shape index (κ1) is 12.4. The van der Waals surface area contributed by atoms with Crippen molar-refractivity contribution in [1.29, 1.82) is 0 Å². The third kappa shape index (κ3) is 4.11. The zero-order chi connectivity index (χ0) is 11.3. The van der Waals surface area contributed by atoms with E-state index in [9.17, 15) is 0 Å². The number of thioether (sulfide) groups is 1. The molecule has 1 aromatic carbocycles. The molecule has 0 aliphatic heterocycles. The molecule has 3 N–H and O–H groups in total. The first-order valence-corrected chi connectivity index (χ1v) is 5.72. The third-order valence-electron chi connectivity index (χ3n) is 1.97. The monoisotopic (exact) mass is 227 g/mol. The van der Waals surface area contributed by atoms with E-state index in [1.165, 1.54) is 0 Å². The van der Waals surface area contributed by atoms with E-state index >= 15 is 0 Å². The second-order valence-electron chi connectivity index (χ2n) is 3.78. The van der Waals surface area contributed by atoms with Crippen LogP contribution in [0.2, 0.25) is 0 Å². The molecule has 0 spiro atoms. The Morgan fingerprint density at radius 3 is 2.87 bits per heavy atom. The van der Waals surface area contributed by atoms with Crippen molar-refractivity contribution in [2.24, 2.45) is 5.73 Å².